The van der Waals surface area contributed by atoms with Crippen LogP contribution in [-0.4, -0.2) is 12.1 Å². The molecular formula is C15H21ClFNO. The first-order chi connectivity index (χ1) is 9.09. The highest BCUT2D eigenvalue weighted by atomic mass is 35.5. The van der Waals surface area contributed by atoms with E-state index in [4.69, 9.17) is 22.1 Å². The Labute approximate surface area is 119 Å². The maximum Gasteiger partial charge on any atom is 0.123 e. The second kappa shape index (κ2) is 6.69. The fourth-order valence-electron chi connectivity index (χ4n) is 2.60. The quantitative estimate of drug-likeness (QED) is 0.847. The summed E-state index contributed by atoms with van der Waals surface area (Å²) in [5, 5.41) is 0.535. The van der Waals surface area contributed by atoms with Crippen LogP contribution in [0.3, 0.4) is 0 Å². The second-order valence-corrected chi connectivity index (χ2v) is 5.91. The molecule has 1 fully saturated rings. The Morgan fingerprint density at radius 2 is 1.89 bits per heavy atom. The van der Waals surface area contributed by atoms with E-state index < -0.39 is 0 Å². The summed E-state index contributed by atoms with van der Waals surface area (Å²) in [5.41, 5.74) is 6.81. The largest absolute Gasteiger partial charge is 0.375 e. The molecule has 2 nitrogen and oxygen atoms in total. The molecular weight excluding hydrogens is 265 g/mol. The number of benzene rings is 1. The third-order valence-corrected chi connectivity index (χ3v) is 4.12. The van der Waals surface area contributed by atoms with Gasteiger partial charge in [-0.25, -0.2) is 4.39 Å². The number of nitrogens with two attached hydrogens (primary N) is 1. The molecule has 0 atom stereocenters. The van der Waals surface area contributed by atoms with Crippen molar-refractivity contribution in [1.82, 2.24) is 0 Å². The van der Waals surface area contributed by atoms with Gasteiger partial charge in [-0.2, -0.15) is 0 Å². The van der Waals surface area contributed by atoms with Gasteiger partial charge in [0, 0.05) is 10.6 Å². The molecule has 0 heterocycles. The van der Waals surface area contributed by atoms with Crippen molar-refractivity contribution < 1.29 is 9.13 Å². The number of rotatable bonds is 4. The van der Waals surface area contributed by atoms with Crippen molar-refractivity contribution in [3.8, 4) is 0 Å². The van der Waals surface area contributed by atoms with Crippen LogP contribution in [0.2, 0.25) is 5.02 Å². The summed E-state index contributed by atoms with van der Waals surface area (Å²) in [6.07, 6.45) is 6.86. The first-order valence-electron chi connectivity index (χ1n) is 6.90. The zero-order valence-corrected chi connectivity index (χ0v) is 11.9. The Kier molecular flexibility index (Phi) is 5.20. The van der Waals surface area contributed by atoms with Gasteiger partial charge in [-0.3, -0.25) is 0 Å². The maximum absolute atomic E-state index is 13.1. The summed E-state index contributed by atoms with van der Waals surface area (Å²) in [5.74, 6) is -0.292. The van der Waals surface area contributed by atoms with Gasteiger partial charge in [0.15, 0.2) is 0 Å². The van der Waals surface area contributed by atoms with Crippen LogP contribution < -0.4 is 5.73 Å². The Balaban J connectivity index is 1.86. The molecule has 0 bridgehead atoms. The highest BCUT2D eigenvalue weighted by molar-refractivity contribution is 6.31. The summed E-state index contributed by atoms with van der Waals surface area (Å²) < 4.78 is 18.8. The molecule has 1 aromatic rings. The van der Waals surface area contributed by atoms with Gasteiger partial charge in [0.05, 0.1) is 13.2 Å². The summed E-state index contributed by atoms with van der Waals surface area (Å²) in [4.78, 5) is 0. The lowest BCUT2D eigenvalue weighted by molar-refractivity contribution is 0.0666. The van der Waals surface area contributed by atoms with E-state index in [0.29, 0.717) is 23.8 Å². The van der Waals surface area contributed by atoms with Crippen molar-refractivity contribution in [2.24, 2.45) is 5.73 Å². The first-order valence-corrected chi connectivity index (χ1v) is 7.27. The number of ether oxygens (including phenoxy) is 1. The van der Waals surface area contributed by atoms with Crippen molar-refractivity contribution in [1.29, 1.82) is 0 Å². The summed E-state index contributed by atoms with van der Waals surface area (Å²) in [6, 6.07) is 4.32. The molecule has 1 aromatic carbocycles. The predicted octanol–water partition coefficient (Wildman–Crippen LogP) is 4.05. The zero-order valence-electron chi connectivity index (χ0n) is 11.1. The molecule has 0 saturated heterocycles. The average molecular weight is 286 g/mol. The molecule has 4 heteroatoms. The monoisotopic (exact) mass is 285 g/mol. The molecule has 1 aliphatic rings. The maximum atomic E-state index is 13.1. The molecule has 0 amide bonds. The van der Waals surface area contributed by atoms with E-state index in [2.05, 4.69) is 0 Å². The molecule has 19 heavy (non-hydrogen) atoms. The van der Waals surface area contributed by atoms with E-state index in [1.807, 2.05) is 0 Å². The van der Waals surface area contributed by atoms with Crippen molar-refractivity contribution in [2.45, 2.75) is 50.7 Å². The minimum Gasteiger partial charge on any atom is -0.375 e. The predicted molar refractivity (Wildman–Crippen MR) is 75.7 cm³/mol. The standard InChI is InChI=1S/C15H21ClFNO/c16-14-6-5-13(17)9-12(14)10-19-11-15(18)7-3-1-2-4-8-15/h5-6,9H,1-4,7-8,10-11,18H2. The molecule has 1 saturated carbocycles. The lowest BCUT2D eigenvalue weighted by atomic mass is 9.92. The highest BCUT2D eigenvalue weighted by Crippen LogP contribution is 2.26. The van der Waals surface area contributed by atoms with Gasteiger partial charge < -0.3 is 10.5 Å². The van der Waals surface area contributed by atoms with Crippen LogP contribution in [-0.2, 0) is 11.3 Å². The highest BCUT2D eigenvalue weighted by Gasteiger charge is 2.26. The van der Waals surface area contributed by atoms with Crippen LogP contribution in [0.1, 0.15) is 44.1 Å². The number of hydrogen-bond acceptors (Lipinski definition) is 2. The zero-order chi connectivity index (χ0) is 13.7. The van der Waals surface area contributed by atoms with Gasteiger partial charge in [-0.1, -0.05) is 37.3 Å². The lowest BCUT2D eigenvalue weighted by Gasteiger charge is -2.27. The van der Waals surface area contributed by atoms with Gasteiger partial charge in [0.25, 0.3) is 0 Å². The Bertz CT molecular complexity index is 417. The minimum atomic E-state index is -0.292. The normalized spacial score (nSPS) is 19.1. The molecule has 0 aliphatic heterocycles. The van der Waals surface area contributed by atoms with Gasteiger partial charge in [0.1, 0.15) is 5.82 Å². The van der Waals surface area contributed by atoms with Crippen molar-refractivity contribution in [3.05, 3.63) is 34.6 Å². The fourth-order valence-corrected chi connectivity index (χ4v) is 2.77. The van der Waals surface area contributed by atoms with E-state index in [9.17, 15) is 4.39 Å². The Morgan fingerprint density at radius 1 is 1.21 bits per heavy atom. The summed E-state index contributed by atoms with van der Waals surface area (Å²) in [7, 11) is 0. The van der Waals surface area contributed by atoms with Crippen LogP contribution in [0, 0.1) is 5.82 Å². The number of halogens is 2. The molecule has 1 aliphatic carbocycles. The molecule has 0 aromatic heterocycles. The Morgan fingerprint density at radius 3 is 2.58 bits per heavy atom. The molecule has 106 valence electrons. The van der Waals surface area contributed by atoms with Gasteiger partial charge in [0.2, 0.25) is 0 Å². The van der Waals surface area contributed by atoms with Gasteiger partial charge >= 0.3 is 0 Å². The van der Waals surface area contributed by atoms with Crippen molar-refractivity contribution in [2.75, 3.05) is 6.61 Å². The van der Waals surface area contributed by atoms with Crippen LogP contribution in [0.4, 0.5) is 4.39 Å². The van der Waals surface area contributed by atoms with Gasteiger partial charge in [-0.15, -0.1) is 0 Å². The average Bonchev–Trinajstić information content (AvgIpc) is 2.59. The van der Waals surface area contributed by atoms with Crippen LogP contribution in [0.25, 0.3) is 0 Å². The SMILES string of the molecule is NC1(COCc2cc(F)ccc2Cl)CCCCCC1. The molecule has 0 unspecified atom stereocenters. The Hall–Kier alpha value is -0.640. The molecule has 0 spiro atoms. The molecule has 2 rings (SSSR count). The topological polar surface area (TPSA) is 35.2 Å². The smallest absolute Gasteiger partial charge is 0.123 e. The van der Waals surface area contributed by atoms with Crippen LogP contribution >= 0.6 is 11.6 Å². The molecule has 2 N–H and O–H groups in total. The van der Waals surface area contributed by atoms with E-state index in [1.165, 1.54) is 37.8 Å². The van der Waals surface area contributed by atoms with Gasteiger partial charge in [-0.05, 0) is 36.6 Å². The van der Waals surface area contributed by atoms with E-state index >= 15 is 0 Å². The van der Waals surface area contributed by atoms with E-state index in [0.717, 1.165) is 12.8 Å². The second-order valence-electron chi connectivity index (χ2n) is 5.51. The molecule has 0 radical (unpaired) electrons. The van der Waals surface area contributed by atoms with E-state index in [1.54, 1.807) is 6.07 Å². The van der Waals surface area contributed by atoms with Crippen LogP contribution in [0.15, 0.2) is 18.2 Å². The summed E-state index contributed by atoms with van der Waals surface area (Å²) >= 11 is 6.00. The van der Waals surface area contributed by atoms with Crippen molar-refractivity contribution >= 4 is 11.6 Å². The third-order valence-electron chi connectivity index (χ3n) is 3.75. The first kappa shape index (κ1) is 14.8. The lowest BCUT2D eigenvalue weighted by Crippen LogP contribution is -2.43. The fraction of sp³-hybridized carbons (Fsp3) is 0.600. The van der Waals surface area contributed by atoms with Crippen molar-refractivity contribution in [3.63, 3.8) is 0 Å². The summed E-state index contributed by atoms with van der Waals surface area (Å²) in [6.45, 7) is 0.829. The third kappa shape index (κ3) is 4.44. The minimum absolute atomic E-state index is 0.226. The van der Waals surface area contributed by atoms with E-state index in [-0.39, 0.29) is 11.4 Å². The number of hydrogen-bond donors (Lipinski definition) is 1. The van der Waals surface area contributed by atoms with Crippen LogP contribution in [0.5, 0.6) is 0 Å².